The largest absolute Gasteiger partial charge is 0.460 e. The van der Waals surface area contributed by atoms with Gasteiger partial charge in [-0.05, 0) is 25.3 Å². The van der Waals surface area contributed by atoms with Gasteiger partial charge >= 0.3 is 71.6 Å². The summed E-state index contributed by atoms with van der Waals surface area (Å²) in [6.45, 7) is -2.14. The van der Waals surface area contributed by atoms with Gasteiger partial charge in [0.1, 0.15) is 0 Å². The van der Waals surface area contributed by atoms with E-state index in [9.17, 15) is 119 Å². The first-order chi connectivity index (χ1) is 24.9. The fourth-order valence-corrected chi connectivity index (χ4v) is 4.89. The Morgan fingerprint density at radius 3 is 1.04 bits per heavy atom. The van der Waals surface area contributed by atoms with Gasteiger partial charge in [-0.1, -0.05) is 24.3 Å². The molecule has 1 N–H and O–H groups in total. The summed E-state index contributed by atoms with van der Waals surface area (Å²) >= 11 is 0. The second kappa shape index (κ2) is 14.8. The molecule has 1 heterocycles. The molecule has 1 aromatic rings. The first kappa shape index (κ1) is 50.4. The molecule has 0 amide bonds. The van der Waals surface area contributed by atoms with E-state index >= 15 is 0 Å². The minimum Gasteiger partial charge on any atom is -0.389 e. The molecule has 0 bridgehead atoms. The lowest BCUT2D eigenvalue weighted by Gasteiger charge is -2.44. The number of rotatable bonds is 16. The summed E-state index contributed by atoms with van der Waals surface area (Å²) in [4.78, 5) is 0. The maximum Gasteiger partial charge on any atom is 0.460 e. The SMILES string of the molecule is CC(O)c1ccc(C2OCC(CCC(F)(F)C(F)(F)C(F)(F)C(F)(F)C(F)(F)C(F)(F)F)(CCC(F)(F)C(F)(F)C(F)(F)C(F)(F)C(F)(F)C(F)(F)F)CO2)cc1. The van der Waals surface area contributed by atoms with Gasteiger partial charge in [-0.3, -0.25) is 0 Å². The van der Waals surface area contributed by atoms with E-state index in [1.165, 1.54) is 6.92 Å². The van der Waals surface area contributed by atoms with Crippen molar-refractivity contribution in [2.75, 3.05) is 13.2 Å². The molecule has 334 valence electrons. The zero-order valence-corrected chi connectivity index (χ0v) is 27.3. The number of benzene rings is 1. The third kappa shape index (κ3) is 8.13. The number of aliphatic hydroxyl groups excluding tert-OH is 1. The van der Waals surface area contributed by atoms with Crippen molar-refractivity contribution in [3.05, 3.63) is 35.4 Å². The van der Waals surface area contributed by atoms with E-state index in [2.05, 4.69) is 0 Å². The second-order valence-electron chi connectivity index (χ2n) is 12.8. The normalized spacial score (nSPS) is 18.9. The van der Waals surface area contributed by atoms with Crippen LogP contribution in [0.3, 0.4) is 0 Å². The van der Waals surface area contributed by atoms with Crippen LogP contribution in [0.1, 0.15) is 56.1 Å². The first-order valence-corrected chi connectivity index (χ1v) is 14.8. The van der Waals surface area contributed by atoms with Gasteiger partial charge in [-0.15, -0.1) is 0 Å². The summed E-state index contributed by atoms with van der Waals surface area (Å²) in [5, 5.41) is 9.55. The van der Waals surface area contributed by atoms with Gasteiger partial charge in [0.2, 0.25) is 0 Å². The fourth-order valence-electron chi connectivity index (χ4n) is 4.89. The molecule has 2 rings (SSSR count). The van der Waals surface area contributed by atoms with Gasteiger partial charge in [0, 0.05) is 23.8 Å². The topological polar surface area (TPSA) is 38.7 Å². The number of alkyl halides is 26. The van der Waals surface area contributed by atoms with Crippen LogP contribution in [0.25, 0.3) is 0 Å². The highest BCUT2D eigenvalue weighted by Gasteiger charge is 2.92. The maximum absolute atomic E-state index is 14.6. The molecule has 3 nitrogen and oxygen atoms in total. The molecule has 0 spiro atoms. The van der Waals surface area contributed by atoms with E-state index in [4.69, 9.17) is 9.47 Å². The van der Waals surface area contributed by atoms with Gasteiger partial charge in [0.05, 0.1) is 19.3 Å². The zero-order chi connectivity index (χ0) is 45.3. The molecule has 57 heavy (non-hydrogen) atoms. The van der Waals surface area contributed by atoms with Crippen LogP contribution in [-0.4, -0.2) is 89.9 Å². The molecule has 1 saturated heterocycles. The van der Waals surface area contributed by atoms with E-state index in [0.29, 0.717) is 0 Å². The number of ether oxygens (including phenoxy) is 2. The van der Waals surface area contributed by atoms with Crippen LogP contribution in [0.2, 0.25) is 0 Å². The van der Waals surface area contributed by atoms with Crippen LogP contribution in [0.15, 0.2) is 24.3 Å². The Bertz CT molecular complexity index is 1440. The van der Waals surface area contributed by atoms with Crippen molar-refractivity contribution in [1.29, 1.82) is 0 Å². The second-order valence-corrected chi connectivity index (χ2v) is 12.8. The molecule has 1 unspecified atom stereocenters. The Labute approximate surface area is 300 Å². The highest BCUT2D eigenvalue weighted by Crippen LogP contribution is 2.63. The van der Waals surface area contributed by atoms with Crippen LogP contribution < -0.4 is 0 Å². The third-order valence-electron chi connectivity index (χ3n) is 8.71. The third-order valence-corrected chi connectivity index (χ3v) is 8.71. The van der Waals surface area contributed by atoms with Gasteiger partial charge < -0.3 is 14.6 Å². The van der Waals surface area contributed by atoms with Crippen LogP contribution in [0.4, 0.5) is 114 Å². The molecule has 1 aromatic carbocycles. The lowest BCUT2D eigenvalue weighted by Crippen LogP contribution is -2.70. The van der Waals surface area contributed by atoms with Crippen molar-refractivity contribution in [3.63, 3.8) is 0 Å². The van der Waals surface area contributed by atoms with Crippen LogP contribution in [0, 0.1) is 5.41 Å². The molecule has 0 aliphatic carbocycles. The van der Waals surface area contributed by atoms with Gasteiger partial charge in [0.25, 0.3) is 0 Å². The summed E-state index contributed by atoms with van der Waals surface area (Å²) in [6, 6.07) is 4.30. The van der Waals surface area contributed by atoms with Crippen LogP contribution in [0.5, 0.6) is 0 Å². The van der Waals surface area contributed by atoms with Crippen molar-refractivity contribution < 1.29 is 129 Å². The highest BCUT2D eigenvalue weighted by atomic mass is 19.4. The number of halogens is 26. The van der Waals surface area contributed by atoms with Crippen molar-refractivity contribution in [2.45, 2.75) is 117 Å². The standard InChI is InChI=1S/C28H22F26O3/c1-12(55)13-2-4-14(5-3-13)15-56-10-16(11-57-15,6-8-17(29,30)19(33,34)21(37,38)23(41,42)25(45,46)27(49,50)51)7-9-18(31,32)20(35,36)22(39,40)24(43,44)26(47,48)28(52,53)54/h2-5,12,15,55H,6-11H2,1H3. The average molecular weight is 900 g/mol. The Morgan fingerprint density at radius 2 is 0.772 bits per heavy atom. The summed E-state index contributed by atoms with van der Waals surface area (Å²) in [5.41, 5.74) is -3.31. The summed E-state index contributed by atoms with van der Waals surface area (Å²) in [6.07, 6.45) is -29.9. The summed E-state index contributed by atoms with van der Waals surface area (Å²) in [7, 11) is 0. The number of hydrogen-bond acceptors (Lipinski definition) is 3. The molecule has 1 atom stereocenters. The maximum atomic E-state index is 14.6. The Balaban J connectivity index is 2.58. The molecule has 1 aliphatic heterocycles. The van der Waals surface area contributed by atoms with Crippen LogP contribution in [-0.2, 0) is 9.47 Å². The summed E-state index contributed by atoms with van der Waals surface area (Å²) < 4.78 is 363. The Morgan fingerprint density at radius 1 is 0.491 bits per heavy atom. The monoisotopic (exact) mass is 900 g/mol. The minimum atomic E-state index is -8.40. The molecular weight excluding hydrogens is 878 g/mol. The van der Waals surface area contributed by atoms with Crippen molar-refractivity contribution in [1.82, 2.24) is 0 Å². The molecule has 1 fully saturated rings. The Kier molecular flexibility index (Phi) is 13.1. The number of aliphatic hydroxyl groups is 1. The minimum absolute atomic E-state index is 0.154. The highest BCUT2D eigenvalue weighted by molar-refractivity contribution is 5.25. The van der Waals surface area contributed by atoms with Gasteiger partial charge in [0.15, 0.2) is 6.29 Å². The predicted octanol–water partition coefficient (Wildman–Crippen LogP) is 11.8. The lowest BCUT2D eigenvalue weighted by molar-refractivity contribution is -0.441. The van der Waals surface area contributed by atoms with Crippen molar-refractivity contribution in [2.24, 2.45) is 5.41 Å². The molecular formula is C28H22F26O3. The predicted molar refractivity (Wildman–Crippen MR) is 134 cm³/mol. The molecule has 0 saturated carbocycles. The van der Waals surface area contributed by atoms with E-state index < -0.39 is 128 Å². The van der Waals surface area contributed by atoms with E-state index in [-0.39, 0.29) is 11.1 Å². The summed E-state index contributed by atoms with van der Waals surface area (Å²) in [5.74, 6) is -79.8. The Hall–Kier alpha value is -2.72. The van der Waals surface area contributed by atoms with E-state index in [0.717, 1.165) is 24.3 Å². The van der Waals surface area contributed by atoms with Gasteiger partial charge in [-0.25, -0.2) is 0 Å². The number of hydrogen-bond donors (Lipinski definition) is 1. The van der Waals surface area contributed by atoms with Gasteiger partial charge in [-0.2, -0.15) is 114 Å². The molecule has 29 heteroatoms. The molecule has 0 aromatic heterocycles. The molecule has 0 radical (unpaired) electrons. The lowest BCUT2D eigenvalue weighted by atomic mass is 9.76. The smallest absolute Gasteiger partial charge is 0.389 e. The van der Waals surface area contributed by atoms with E-state index in [1.807, 2.05) is 0 Å². The van der Waals surface area contributed by atoms with Crippen molar-refractivity contribution >= 4 is 0 Å². The fraction of sp³-hybridized carbons (Fsp3) is 0.786. The quantitative estimate of drug-likeness (QED) is 0.168. The molecule has 1 aliphatic rings. The van der Waals surface area contributed by atoms with Crippen LogP contribution >= 0.6 is 0 Å². The van der Waals surface area contributed by atoms with Crippen molar-refractivity contribution in [3.8, 4) is 0 Å². The average Bonchev–Trinajstić information content (AvgIpc) is 3.05. The zero-order valence-electron chi connectivity index (χ0n) is 27.3. The first-order valence-electron chi connectivity index (χ1n) is 14.8. The van der Waals surface area contributed by atoms with E-state index in [1.54, 1.807) is 0 Å².